The van der Waals surface area contributed by atoms with Gasteiger partial charge >= 0.3 is 6.16 Å². The molecule has 4 heteroatoms. The average Bonchev–Trinajstić information content (AvgIpc) is 2.61. The Kier molecular flexibility index (Phi) is 16.8. The van der Waals surface area contributed by atoms with Crippen molar-refractivity contribution in [2.24, 2.45) is 5.92 Å². The van der Waals surface area contributed by atoms with Crippen LogP contribution in [0.1, 0.15) is 124 Å². The second-order valence-corrected chi connectivity index (χ2v) is 8.49. The lowest BCUT2D eigenvalue weighted by Gasteiger charge is -2.30. The molecule has 0 heterocycles. The molecule has 0 bridgehead atoms. The van der Waals surface area contributed by atoms with Crippen LogP contribution in [0.2, 0.25) is 0 Å². The summed E-state index contributed by atoms with van der Waals surface area (Å²) in [4.78, 5) is 20.1. The zero-order valence-corrected chi connectivity index (χ0v) is 18.8. The van der Waals surface area contributed by atoms with E-state index in [-0.39, 0.29) is 0 Å². The van der Waals surface area contributed by atoms with E-state index in [0.717, 1.165) is 6.42 Å². The van der Waals surface area contributed by atoms with Gasteiger partial charge in [-0.15, -0.1) is 0 Å². The first-order chi connectivity index (χ1) is 12.9. The first-order valence-electron chi connectivity index (χ1n) is 11.4. The van der Waals surface area contributed by atoms with Crippen LogP contribution in [0.3, 0.4) is 0 Å². The van der Waals surface area contributed by atoms with Crippen LogP contribution in [0.4, 0.5) is 4.79 Å². The molecule has 0 saturated heterocycles. The largest absolute Gasteiger partial charge is 0.540 e. The maximum absolute atomic E-state index is 11.4. The number of carbonyl (C=O) groups excluding carboxylic acids is 1. The van der Waals surface area contributed by atoms with E-state index in [4.69, 9.17) is 4.74 Å². The Balaban J connectivity index is 3.46. The van der Waals surface area contributed by atoms with E-state index in [2.05, 4.69) is 23.6 Å². The zero-order valence-electron chi connectivity index (χ0n) is 18.8. The van der Waals surface area contributed by atoms with Gasteiger partial charge in [-0.05, 0) is 26.2 Å². The van der Waals surface area contributed by atoms with Crippen LogP contribution in [0, 0.1) is 5.92 Å². The molecule has 0 rings (SSSR count). The molecule has 0 spiro atoms. The lowest BCUT2D eigenvalue weighted by molar-refractivity contribution is -0.242. The SMILES string of the molecule is CCCCCCCCCCCCCCCCC(C)C(C)(C)OC(=O)OOC. The summed E-state index contributed by atoms with van der Waals surface area (Å²) in [6.45, 7) is 8.26. The highest BCUT2D eigenvalue weighted by Crippen LogP contribution is 2.27. The lowest BCUT2D eigenvalue weighted by Crippen LogP contribution is -2.35. The van der Waals surface area contributed by atoms with Gasteiger partial charge in [-0.25, -0.2) is 4.79 Å². The van der Waals surface area contributed by atoms with E-state index >= 15 is 0 Å². The molecule has 0 amide bonds. The molecule has 0 saturated carbocycles. The van der Waals surface area contributed by atoms with Gasteiger partial charge in [0.05, 0.1) is 7.11 Å². The molecule has 1 unspecified atom stereocenters. The molecule has 162 valence electrons. The van der Waals surface area contributed by atoms with Crippen LogP contribution < -0.4 is 0 Å². The fraction of sp³-hybridized carbons (Fsp3) is 0.957. The summed E-state index contributed by atoms with van der Waals surface area (Å²) >= 11 is 0. The quantitative estimate of drug-likeness (QED) is 0.104. The number of unbranched alkanes of at least 4 members (excludes halogenated alkanes) is 13. The maximum atomic E-state index is 11.4. The van der Waals surface area contributed by atoms with Crippen molar-refractivity contribution < 1.29 is 19.3 Å². The second-order valence-electron chi connectivity index (χ2n) is 8.49. The highest BCUT2D eigenvalue weighted by molar-refractivity contribution is 5.59. The molecule has 0 fully saturated rings. The molecular weight excluding hydrogens is 340 g/mol. The first-order valence-corrected chi connectivity index (χ1v) is 11.4. The molecule has 0 N–H and O–H groups in total. The van der Waals surface area contributed by atoms with Crippen molar-refractivity contribution in [1.82, 2.24) is 0 Å². The van der Waals surface area contributed by atoms with Crippen LogP contribution >= 0.6 is 0 Å². The van der Waals surface area contributed by atoms with Crippen molar-refractivity contribution in [2.75, 3.05) is 7.11 Å². The number of hydrogen-bond acceptors (Lipinski definition) is 4. The summed E-state index contributed by atoms with van der Waals surface area (Å²) in [7, 11) is 1.30. The zero-order chi connectivity index (χ0) is 20.4. The van der Waals surface area contributed by atoms with Crippen molar-refractivity contribution in [1.29, 1.82) is 0 Å². The normalized spacial score (nSPS) is 12.8. The van der Waals surface area contributed by atoms with Gasteiger partial charge in [-0.2, -0.15) is 4.89 Å². The predicted molar refractivity (Wildman–Crippen MR) is 113 cm³/mol. The smallest absolute Gasteiger partial charge is 0.426 e. The van der Waals surface area contributed by atoms with E-state index in [1.165, 1.54) is 97.0 Å². The van der Waals surface area contributed by atoms with E-state index in [1.54, 1.807) is 0 Å². The third-order valence-electron chi connectivity index (χ3n) is 5.68. The van der Waals surface area contributed by atoms with Gasteiger partial charge in [0.1, 0.15) is 5.60 Å². The van der Waals surface area contributed by atoms with E-state index in [9.17, 15) is 4.79 Å². The van der Waals surface area contributed by atoms with Crippen LogP contribution in [0.15, 0.2) is 0 Å². The van der Waals surface area contributed by atoms with Gasteiger partial charge in [-0.1, -0.05) is 104 Å². The van der Waals surface area contributed by atoms with Crippen molar-refractivity contribution in [3.05, 3.63) is 0 Å². The molecule has 0 aromatic rings. The fourth-order valence-electron chi connectivity index (χ4n) is 3.39. The second kappa shape index (κ2) is 17.3. The molecule has 0 aliphatic rings. The Morgan fingerprint density at radius 3 is 1.59 bits per heavy atom. The summed E-state index contributed by atoms with van der Waals surface area (Å²) in [6, 6.07) is 0. The van der Waals surface area contributed by atoms with Crippen LogP contribution in [0.5, 0.6) is 0 Å². The standard InChI is InChI=1S/C23H46O4/c1-6-7-8-9-10-11-12-13-14-15-16-17-18-19-20-21(2)23(3,4)26-22(24)27-25-5/h21H,6-20H2,1-5H3. The molecular formula is C23H46O4. The highest BCUT2D eigenvalue weighted by atomic mass is 17.2. The van der Waals surface area contributed by atoms with E-state index in [0.29, 0.717) is 5.92 Å². The number of hydrogen-bond donors (Lipinski definition) is 0. The highest BCUT2D eigenvalue weighted by Gasteiger charge is 2.30. The van der Waals surface area contributed by atoms with Gasteiger partial charge in [-0.3, -0.25) is 4.89 Å². The minimum absolute atomic E-state index is 0.291. The monoisotopic (exact) mass is 386 g/mol. The lowest BCUT2D eigenvalue weighted by atomic mass is 9.87. The summed E-state index contributed by atoms with van der Waals surface area (Å²) in [5, 5.41) is 0. The average molecular weight is 387 g/mol. The van der Waals surface area contributed by atoms with Crippen LogP contribution in [-0.2, 0) is 14.5 Å². The number of rotatable bonds is 18. The number of carbonyl (C=O) groups is 1. The molecule has 0 aromatic heterocycles. The van der Waals surface area contributed by atoms with E-state index in [1.807, 2.05) is 13.8 Å². The topological polar surface area (TPSA) is 44.8 Å². The first kappa shape index (κ1) is 26.2. The molecule has 0 aromatic carbocycles. The van der Waals surface area contributed by atoms with Gasteiger partial charge < -0.3 is 4.74 Å². The van der Waals surface area contributed by atoms with Crippen molar-refractivity contribution in [3.8, 4) is 0 Å². The molecule has 1 atom stereocenters. The third-order valence-corrected chi connectivity index (χ3v) is 5.68. The van der Waals surface area contributed by atoms with Crippen molar-refractivity contribution in [2.45, 2.75) is 130 Å². The maximum Gasteiger partial charge on any atom is 0.540 e. The molecule has 0 radical (unpaired) electrons. The molecule has 0 aliphatic carbocycles. The fourth-order valence-corrected chi connectivity index (χ4v) is 3.39. The molecule has 27 heavy (non-hydrogen) atoms. The summed E-state index contributed by atoms with van der Waals surface area (Å²) in [6.07, 6.45) is 19.5. The van der Waals surface area contributed by atoms with Crippen LogP contribution in [0.25, 0.3) is 0 Å². The summed E-state index contributed by atoms with van der Waals surface area (Å²) < 4.78 is 5.32. The minimum Gasteiger partial charge on any atom is -0.426 e. The van der Waals surface area contributed by atoms with Gasteiger partial charge in [0.25, 0.3) is 0 Å². The Hall–Kier alpha value is -0.770. The Bertz CT molecular complexity index is 341. The number of ether oxygens (including phenoxy) is 1. The third kappa shape index (κ3) is 15.9. The molecule has 4 nitrogen and oxygen atoms in total. The van der Waals surface area contributed by atoms with Gasteiger partial charge in [0, 0.05) is 0 Å². The summed E-state index contributed by atoms with van der Waals surface area (Å²) in [5.41, 5.74) is -0.536. The Morgan fingerprint density at radius 1 is 0.778 bits per heavy atom. The van der Waals surface area contributed by atoms with Crippen molar-refractivity contribution >= 4 is 6.16 Å². The van der Waals surface area contributed by atoms with Gasteiger partial charge in [0.2, 0.25) is 0 Å². The molecule has 0 aliphatic heterocycles. The van der Waals surface area contributed by atoms with Crippen molar-refractivity contribution in [3.63, 3.8) is 0 Å². The Morgan fingerprint density at radius 2 is 1.19 bits per heavy atom. The Labute approximate surface area is 168 Å². The minimum atomic E-state index is -0.768. The van der Waals surface area contributed by atoms with Crippen LogP contribution in [-0.4, -0.2) is 18.9 Å². The summed E-state index contributed by atoms with van der Waals surface area (Å²) in [5.74, 6) is 0.291. The van der Waals surface area contributed by atoms with Gasteiger partial charge in [0.15, 0.2) is 0 Å². The van der Waals surface area contributed by atoms with E-state index < -0.39 is 11.8 Å². The predicted octanol–water partition coefficient (Wildman–Crippen LogP) is 7.99.